The van der Waals surface area contributed by atoms with Gasteiger partial charge in [0.25, 0.3) is 0 Å². The highest BCUT2D eigenvalue weighted by atomic mass is 15.0. The van der Waals surface area contributed by atoms with Crippen LogP contribution in [-0.4, -0.2) is 14.5 Å². The molecule has 2 aromatic heterocycles. The average Bonchev–Trinajstić information content (AvgIpc) is 3.61. The number of para-hydroxylation sites is 1. The largest absolute Gasteiger partial charge is 0.309 e. The molecule has 0 aliphatic heterocycles. The van der Waals surface area contributed by atoms with Crippen LogP contribution in [0.25, 0.3) is 105 Å². The Morgan fingerprint density at radius 3 is 1.58 bits per heavy atom. The molecule has 0 unspecified atom stereocenters. The van der Waals surface area contributed by atoms with Crippen LogP contribution in [0, 0.1) is 0 Å². The zero-order valence-corrected chi connectivity index (χ0v) is 29.9. The number of rotatable bonds is 5. The Kier molecular flexibility index (Phi) is 7.17. The fraction of sp³-hybridized carbons (Fsp3) is 0. The van der Waals surface area contributed by atoms with Gasteiger partial charge >= 0.3 is 0 Å². The number of nitrogens with zero attached hydrogens (tertiary/aromatic N) is 3. The normalized spacial score (nSPS) is 11.6. The van der Waals surface area contributed by atoms with E-state index in [4.69, 9.17) is 9.97 Å². The van der Waals surface area contributed by atoms with Gasteiger partial charge in [0, 0.05) is 33.2 Å². The van der Waals surface area contributed by atoms with E-state index in [9.17, 15) is 0 Å². The Morgan fingerprint density at radius 1 is 0.309 bits per heavy atom. The predicted molar refractivity (Wildman–Crippen MR) is 231 cm³/mol. The second-order valence-corrected chi connectivity index (χ2v) is 14.2. The summed E-state index contributed by atoms with van der Waals surface area (Å²) in [7, 11) is 0. The Morgan fingerprint density at radius 2 is 0.836 bits per heavy atom. The van der Waals surface area contributed by atoms with Gasteiger partial charge in [0.05, 0.1) is 22.4 Å². The summed E-state index contributed by atoms with van der Waals surface area (Å²) >= 11 is 0. The molecule has 11 aromatic rings. The smallest absolute Gasteiger partial charge is 0.160 e. The minimum absolute atomic E-state index is 0.715. The van der Waals surface area contributed by atoms with Crippen molar-refractivity contribution in [1.82, 2.24) is 14.5 Å². The van der Waals surface area contributed by atoms with Gasteiger partial charge in [0.15, 0.2) is 5.82 Å². The van der Waals surface area contributed by atoms with Crippen LogP contribution < -0.4 is 0 Å². The van der Waals surface area contributed by atoms with Crippen molar-refractivity contribution in [3.8, 4) is 50.7 Å². The van der Waals surface area contributed by atoms with Gasteiger partial charge in [-0.25, -0.2) is 9.97 Å². The molecule has 0 bridgehead atoms. The Hall–Kier alpha value is -7.36. The van der Waals surface area contributed by atoms with Gasteiger partial charge in [-0.1, -0.05) is 158 Å². The van der Waals surface area contributed by atoms with E-state index in [1.807, 2.05) is 36.4 Å². The van der Waals surface area contributed by atoms with Crippen molar-refractivity contribution in [2.75, 3.05) is 0 Å². The molecule has 0 atom stereocenters. The van der Waals surface area contributed by atoms with Crippen molar-refractivity contribution in [2.45, 2.75) is 0 Å². The van der Waals surface area contributed by atoms with Crippen molar-refractivity contribution in [3.63, 3.8) is 0 Å². The van der Waals surface area contributed by atoms with E-state index in [-0.39, 0.29) is 0 Å². The standard InChI is InChI=1S/C52H33N3/c1-3-12-35(13-4-1)47-33-48(54-52(53-47)37-14-5-2-6-15-37)36-21-26-42(27-22-36)55-49-18-10-9-17-46(49)51-45-29-24-39(32-41(45)25-30-50(51)55)38-23-28-44-40(31-38)20-19-34-11-7-8-16-43(34)44/h1-33H. The third-order valence-corrected chi connectivity index (χ3v) is 11.0. The maximum absolute atomic E-state index is 5.06. The van der Waals surface area contributed by atoms with Crippen LogP contribution in [0.2, 0.25) is 0 Å². The molecule has 0 amide bonds. The minimum Gasteiger partial charge on any atom is -0.309 e. The van der Waals surface area contributed by atoms with Crippen molar-refractivity contribution >= 4 is 54.1 Å². The number of benzene rings is 9. The summed E-state index contributed by atoms with van der Waals surface area (Å²) in [6.07, 6.45) is 0. The molecular weight excluding hydrogens is 667 g/mol. The second kappa shape index (κ2) is 12.6. The van der Waals surface area contributed by atoms with E-state index in [0.717, 1.165) is 33.8 Å². The summed E-state index contributed by atoms with van der Waals surface area (Å²) in [5, 5.41) is 10.1. The van der Waals surface area contributed by atoms with Crippen LogP contribution in [0.3, 0.4) is 0 Å². The number of fused-ring (bicyclic) bond motifs is 8. The molecule has 3 heteroatoms. The SMILES string of the molecule is c1ccc(-c2cc(-c3ccc(-n4c5ccccc5c5c6ccc(-c7ccc8c(ccc9ccccc98)c7)cc6ccc54)cc3)nc(-c3ccccc3)n2)cc1. The monoisotopic (exact) mass is 699 g/mol. The maximum atomic E-state index is 5.06. The van der Waals surface area contributed by atoms with Gasteiger partial charge in [0.2, 0.25) is 0 Å². The first kappa shape index (κ1) is 31.2. The molecule has 11 rings (SSSR count). The molecule has 0 fully saturated rings. The van der Waals surface area contributed by atoms with Crippen LogP contribution >= 0.6 is 0 Å². The molecule has 0 aliphatic carbocycles. The quantitative estimate of drug-likeness (QED) is 0.167. The third-order valence-electron chi connectivity index (χ3n) is 11.0. The van der Waals surface area contributed by atoms with Gasteiger partial charge in [-0.3, -0.25) is 0 Å². The number of aromatic nitrogens is 3. The van der Waals surface area contributed by atoms with E-state index in [2.05, 4.69) is 168 Å². The zero-order chi connectivity index (χ0) is 36.3. The van der Waals surface area contributed by atoms with Gasteiger partial charge in [-0.2, -0.15) is 0 Å². The maximum Gasteiger partial charge on any atom is 0.160 e. The summed E-state index contributed by atoms with van der Waals surface area (Å²) in [4.78, 5) is 10.0. The number of hydrogen-bond acceptors (Lipinski definition) is 2. The van der Waals surface area contributed by atoms with E-state index in [1.54, 1.807) is 0 Å². The van der Waals surface area contributed by atoms with Crippen LogP contribution in [0.4, 0.5) is 0 Å². The van der Waals surface area contributed by atoms with E-state index < -0.39 is 0 Å². The predicted octanol–water partition coefficient (Wildman–Crippen LogP) is 13.7. The highest BCUT2D eigenvalue weighted by molar-refractivity contribution is 6.21. The fourth-order valence-electron chi connectivity index (χ4n) is 8.30. The van der Waals surface area contributed by atoms with Crippen molar-refractivity contribution in [1.29, 1.82) is 0 Å². The van der Waals surface area contributed by atoms with E-state index in [0.29, 0.717) is 5.82 Å². The number of hydrogen-bond donors (Lipinski definition) is 0. The fourth-order valence-corrected chi connectivity index (χ4v) is 8.30. The van der Waals surface area contributed by atoms with Crippen molar-refractivity contribution in [3.05, 3.63) is 200 Å². The highest BCUT2D eigenvalue weighted by Crippen LogP contribution is 2.39. The lowest BCUT2D eigenvalue weighted by Gasteiger charge is -2.12. The Balaban J connectivity index is 1.01. The van der Waals surface area contributed by atoms with Crippen LogP contribution in [0.1, 0.15) is 0 Å². The lowest BCUT2D eigenvalue weighted by molar-refractivity contribution is 1.17. The molecule has 256 valence electrons. The lowest BCUT2D eigenvalue weighted by Crippen LogP contribution is -1.97. The summed E-state index contributed by atoms with van der Waals surface area (Å²) in [5.41, 5.74) is 10.8. The minimum atomic E-state index is 0.715. The molecule has 55 heavy (non-hydrogen) atoms. The Bertz CT molecular complexity index is 3180. The summed E-state index contributed by atoms with van der Waals surface area (Å²) < 4.78 is 2.39. The molecule has 0 spiro atoms. The molecule has 2 heterocycles. The average molecular weight is 700 g/mol. The summed E-state index contributed by atoms with van der Waals surface area (Å²) in [6.45, 7) is 0. The van der Waals surface area contributed by atoms with Crippen LogP contribution in [0.5, 0.6) is 0 Å². The third kappa shape index (κ3) is 5.28. The molecular formula is C52H33N3. The second-order valence-electron chi connectivity index (χ2n) is 14.2. The topological polar surface area (TPSA) is 30.7 Å². The molecule has 9 aromatic carbocycles. The van der Waals surface area contributed by atoms with Gasteiger partial charge in [-0.05, 0) is 85.9 Å². The van der Waals surface area contributed by atoms with Crippen molar-refractivity contribution < 1.29 is 0 Å². The molecule has 0 saturated heterocycles. The lowest BCUT2D eigenvalue weighted by atomic mass is 9.95. The van der Waals surface area contributed by atoms with Gasteiger partial charge < -0.3 is 4.57 Å². The highest BCUT2D eigenvalue weighted by Gasteiger charge is 2.16. The Labute approximate surface area is 318 Å². The molecule has 0 N–H and O–H groups in total. The van der Waals surface area contributed by atoms with Crippen LogP contribution in [0.15, 0.2) is 200 Å². The molecule has 0 saturated carbocycles. The van der Waals surface area contributed by atoms with Crippen LogP contribution in [-0.2, 0) is 0 Å². The molecule has 3 nitrogen and oxygen atoms in total. The van der Waals surface area contributed by atoms with E-state index in [1.165, 1.54) is 65.3 Å². The molecule has 0 radical (unpaired) electrons. The summed E-state index contributed by atoms with van der Waals surface area (Å²) in [5.74, 6) is 0.715. The summed E-state index contributed by atoms with van der Waals surface area (Å²) in [6, 6.07) is 71.6. The van der Waals surface area contributed by atoms with Gasteiger partial charge in [-0.15, -0.1) is 0 Å². The van der Waals surface area contributed by atoms with Crippen molar-refractivity contribution in [2.24, 2.45) is 0 Å². The van der Waals surface area contributed by atoms with Gasteiger partial charge in [0.1, 0.15) is 0 Å². The first-order valence-electron chi connectivity index (χ1n) is 18.7. The zero-order valence-electron chi connectivity index (χ0n) is 29.9. The first-order valence-corrected chi connectivity index (χ1v) is 18.7. The first-order chi connectivity index (χ1) is 27.2. The molecule has 0 aliphatic rings. The van der Waals surface area contributed by atoms with E-state index >= 15 is 0 Å².